The Hall–Kier alpha value is -3.30. The Morgan fingerprint density at radius 1 is 1.10 bits per heavy atom. The Morgan fingerprint density at radius 2 is 1.69 bits per heavy atom. The number of aliphatic imine (C=N–C) groups is 1. The normalized spacial score (nSPS) is 14.2. The van der Waals surface area contributed by atoms with E-state index in [0.29, 0.717) is 43.9 Å². The smallest absolute Gasteiger partial charge is 0.331 e. The molecule has 0 saturated heterocycles. The summed E-state index contributed by atoms with van der Waals surface area (Å²) in [5.41, 5.74) is 2.56. The van der Waals surface area contributed by atoms with E-state index < -0.39 is 13.5 Å². The van der Waals surface area contributed by atoms with Gasteiger partial charge in [0.25, 0.3) is 5.91 Å². The molecule has 0 unspecified atom stereocenters. The van der Waals surface area contributed by atoms with Crippen LogP contribution in [0.1, 0.15) is 30.5 Å². The third kappa shape index (κ3) is 8.10. The summed E-state index contributed by atoms with van der Waals surface area (Å²) in [5.74, 6) is -0.789. The number of likely N-dealkylation sites (N-methyl/N-ethyl adjacent to an activating group) is 1. The second-order valence-electron chi connectivity index (χ2n) is 9.05. The topological polar surface area (TPSA) is 104 Å². The minimum atomic E-state index is -3.10. The minimum absolute atomic E-state index is 0.146. The lowest BCUT2D eigenvalue weighted by Crippen LogP contribution is -2.35. The van der Waals surface area contributed by atoms with Gasteiger partial charge in [-0.25, -0.2) is 9.38 Å². The van der Waals surface area contributed by atoms with Crippen LogP contribution in [0.4, 0.5) is 4.39 Å². The summed E-state index contributed by atoms with van der Waals surface area (Å²) in [7, 11) is 0.539. The molecular formula is C28H36FN4O5P. The van der Waals surface area contributed by atoms with Crippen molar-refractivity contribution < 1.29 is 27.9 Å². The number of aliphatic hydroxyl groups is 1. The van der Waals surface area contributed by atoms with Crippen molar-refractivity contribution in [2.75, 3.05) is 40.0 Å². The van der Waals surface area contributed by atoms with E-state index >= 15 is 0 Å². The maximum Gasteiger partial charge on any atom is 0.331 e. The lowest BCUT2D eigenvalue weighted by atomic mass is 10.1. The molecule has 0 fully saturated rings. The van der Waals surface area contributed by atoms with Crippen molar-refractivity contribution in [3.63, 3.8) is 0 Å². The van der Waals surface area contributed by atoms with Crippen LogP contribution in [0.2, 0.25) is 0 Å². The van der Waals surface area contributed by atoms with E-state index in [1.165, 1.54) is 12.1 Å². The Kier molecular flexibility index (Phi) is 10.6. The van der Waals surface area contributed by atoms with Crippen LogP contribution in [0.25, 0.3) is 0 Å². The van der Waals surface area contributed by atoms with Crippen LogP contribution in [0.5, 0.6) is 0 Å². The quantitative estimate of drug-likeness (QED) is 0.340. The van der Waals surface area contributed by atoms with E-state index in [2.05, 4.69) is 16.9 Å². The first kappa shape index (κ1) is 30.2. The number of benzene rings is 2. The highest BCUT2D eigenvalue weighted by atomic mass is 31.2. The van der Waals surface area contributed by atoms with Gasteiger partial charge >= 0.3 is 7.60 Å². The number of carbonyl (C=O) groups excluding carboxylic acids is 1. The molecule has 0 spiro atoms. The van der Waals surface area contributed by atoms with Crippen LogP contribution < -0.4 is 5.32 Å². The summed E-state index contributed by atoms with van der Waals surface area (Å²) in [5, 5.41) is 13.3. The van der Waals surface area contributed by atoms with Crippen molar-refractivity contribution in [1.82, 2.24) is 15.1 Å². The maximum atomic E-state index is 13.1. The van der Waals surface area contributed by atoms with Gasteiger partial charge in [-0.3, -0.25) is 9.36 Å². The van der Waals surface area contributed by atoms with Gasteiger partial charge in [0.2, 0.25) is 0 Å². The summed E-state index contributed by atoms with van der Waals surface area (Å²) in [4.78, 5) is 21.0. The predicted molar refractivity (Wildman–Crippen MR) is 150 cm³/mol. The van der Waals surface area contributed by atoms with Crippen LogP contribution in [0, 0.1) is 5.82 Å². The fourth-order valence-electron chi connectivity index (χ4n) is 3.94. The number of amidine groups is 1. The molecule has 1 amide bonds. The van der Waals surface area contributed by atoms with Gasteiger partial charge in [0.1, 0.15) is 11.7 Å². The monoisotopic (exact) mass is 558 g/mol. The van der Waals surface area contributed by atoms with Crippen LogP contribution in [0.3, 0.4) is 0 Å². The SMILES string of the molecule is C=C1C(O)=C(C(=O)NCc2ccc(F)cc2)N=C(c2ccc(CN(C)CCP(=O)(OCC)OCC)cc2)N1C. The van der Waals surface area contributed by atoms with Crippen molar-refractivity contribution in [2.45, 2.75) is 26.9 Å². The van der Waals surface area contributed by atoms with Crippen molar-refractivity contribution in [3.05, 3.63) is 94.8 Å². The van der Waals surface area contributed by atoms with E-state index in [0.717, 1.165) is 11.1 Å². The van der Waals surface area contributed by atoms with E-state index in [9.17, 15) is 18.9 Å². The van der Waals surface area contributed by atoms with Crippen molar-refractivity contribution in [1.29, 1.82) is 0 Å². The van der Waals surface area contributed by atoms with E-state index in [-0.39, 0.29) is 29.5 Å². The summed E-state index contributed by atoms with van der Waals surface area (Å²) >= 11 is 0. The van der Waals surface area contributed by atoms with Crippen molar-refractivity contribution >= 4 is 19.3 Å². The highest BCUT2D eigenvalue weighted by molar-refractivity contribution is 7.53. The van der Waals surface area contributed by atoms with Crippen molar-refractivity contribution in [3.8, 4) is 0 Å². The van der Waals surface area contributed by atoms with E-state index in [1.54, 1.807) is 37.9 Å². The molecule has 2 aromatic rings. The van der Waals surface area contributed by atoms with Crippen LogP contribution in [-0.4, -0.2) is 66.7 Å². The Labute approximate surface area is 229 Å². The summed E-state index contributed by atoms with van der Waals surface area (Å²) in [6, 6.07) is 13.4. The molecule has 0 aliphatic carbocycles. The molecule has 0 bridgehead atoms. The number of amides is 1. The second kappa shape index (κ2) is 13.7. The maximum absolute atomic E-state index is 13.1. The Morgan fingerprint density at radius 3 is 2.28 bits per heavy atom. The number of aliphatic hydroxyl groups excluding tert-OH is 1. The highest BCUT2D eigenvalue weighted by Gasteiger charge is 2.28. The lowest BCUT2D eigenvalue weighted by molar-refractivity contribution is -0.117. The number of rotatable bonds is 13. The molecular weight excluding hydrogens is 522 g/mol. The molecule has 210 valence electrons. The molecule has 0 aromatic heterocycles. The summed E-state index contributed by atoms with van der Waals surface area (Å²) in [6.45, 7) is 9.45. The number of nitrogens with zero attached hydrogens (tertiary/aromatic N) is 3. The predicted octanol–water partition coefficient (Wildman–Crippen LogP) is 4.82. The molecule has 2 aromatic carbocycles. The molecule has 11 heteroatoms. The zero-order valence-corrected chi connectivity index (χ0v) is 23.7. The summed E-state index contributed by atoms with van der Waals surface area (Å²) < 4.78 is 36.6. The Balaban J connectivity index is 1.68. The molecule has 0 radical (unpaired) electrons. The van der Waals surface area contributed by atoms with Gasteiger partial charge < -0.3 is 29.3 Å². The highest BCUT2D eigenvalue weighted by Crippen LogP contribution is 2.47. The van der Waals surface area contributed by atoms with Gasteiger partial charge in [-0.05, 0) is 44.2 Å². The first-order valence-electron chi connectivity index (χ1n) is 12.7. The summed E-state index contributed by atoms with van der Waals surface area (Å²) in [6.07, 6.45) is 0.300. The van der Waals surface area contributed by atoms with Crippen LogP contribution in [-0.2, 0) is 31.5 Å². The fourth-order valence-corrected chi connectivity index (χ4v) is 5.65. The molecule has 0 atom stereocenters. The van der Waals surface area contributed by atoms with Gasteiger partial charge in [0, 0.05) is 32.2 Å². The average Bonchev–Trinajstić information content (AvgIpc) is 2.91. The first-order chi connectivity index (χ1) is 18.6. The zero-order valence-electron chi connectivity index (χ0n) is 22.8. The number of hydrogen-bond donors (Lipinski definition) is 2. The molecule has 1 aliphatic heterocycles. The third-order valence-electron chi connectivity index (χ3n) is 6.09. The molecule has 3 rings (SSSR count). The number of halogens is 1. The number of hydrogen-bond acceptors (Lipinski definition) is 8. The molecule has 9 nitrogen and oxygen atoms in total. The van der Waals surface area contributed by atoms with Crippen LogP contribution >= 0.6 is 7.60 Å². The lowest BCUT2D eigenvalue weighted by Gasteiger charge is -2.28. The number of nitrogens with one attached hydrogen (secondary N) is 1. The number of carbonyl (C=O) groups is 1. The molecule has 2 N–H and O–H groups in total. The fraction of sp³-hybridized carbons (Fsp3) is 0.357. The van der Waals surface area contributed by atoms with Gasteiger partial charge in [0.05, 0.1) is 25.1 Å². The second-order valence-corrected chi connectivity index (χ2v) is 11.2. The van der Waals surface area contributed by atoms with Gasteiger partial charge in [-0.2, -0.15) is 0 Å². The van der Waals surface area contributed by atoms with Crippen molar-refractivity contribution in [2.24, 2.45) is 4.99 Å². The van der Waals surface area contributed by atoms with E-state index in [4.69, 9.17) is 9.05 Å². The minimum Gasteiger partial charge on any atom is -0.504 e. The largest absolute Gasteiger partial charge is 0.504 e. The van der Waals surface area contributed by atoms with Gasteiger partial charge in [-0.1, -0.05) is 43.0 Å². The molecule has 39 heavy (non-hydrogen) atoms. The Bertz CT molecular complexity index is 1270. The molecule has 0 saturated carbocycles. The van der Waals surface area contributed by atoms with E-state index in [1.807, 2.05) is 36.2 Å². The van der Waals surface area contributed by atoms with Crippen LogP contribution in [0.15, 0.2) is 77.3 Å². The zero-order chi connectivity index (χ0) is 28.6. The first-order valence-corrected chi connectivity index (χ1v) is 14.4. The average molecular weight is 559 g/mol. The van der Waals surface area contributed by atoms with Gasteiger partial charge in [0.15, 0.2) is 11.5 Å². The third-order valence-corrected chi connectivity index (χ3v) is 8.14. The van der Waals surface area contributed by atoms with Gasteiger partial charge in [-0.15, -0.1) is 0 Å². The molecule has 1 heterocycles. The molecule has 1 aliphatic rings. The standard InChI is InChI=1S/C28H36FN4O5P/c1-6-37-39(36,38-7-2)17-16-32(4)19-22-8-12-23(13-9-22)27-31-25(26(34)20(3)33(27)5)28(35)30-18-21-10-14-24(29)15-11-21/h8-15,34H,3,6-7,16-19H2,1-2,4-5H3,(H,30,35).